The van der Waals surface area contributed by atoms with Crippen molar-refractivity contribution in [2.75, 3.05) is 18.5 Å². The lowest BCUT2D eigenvalue weighted by atomic mass is 10.2. The van der Waals surface area contributed by atoms with Crippen molar-refractivity contribution in [2.24, 2.45) is 0 Å². The number of amides is 1. The Labute approximate surface area is 159 Å². The molecule has 0 radical (unpaired) electrons. The predicted molar refractivity (Wildman–Crippen MR) is 100 cm³/mol. The Bertz CT molecular complexity index is 812. The van der Waals surface area contributed by atoms with Gasteiger partial charge in [-0.1, -0.05) is 11.6 Å². The van der Waals surface area contributed by atoms with E-state index in [-0.39, 0.29) is 5.91 Å². The largest absolute Gasteiger partial charge is 0.486 e. The highest BCUT2D eigenvalue weighted by Crippen LogP contribution is 2.38. The van der Waals surface area contributed by atoms with E-state index in [0.29, 0.717) is 45.6 Å². The van der Waals surface area contributed by atoms with Crippen molar-refractivity contribution in [3.8, 4) is 17.2 Å². The van der Waals surface area contributed by atoms with Crippen LogP contribution in [0.25, 0.3) is 0 Å². The molecular formula is C18H17BrClNO4. The first-order valence-corrected chi connectivity index (χ1v) is 8.94. The number of hydrogen-bond acceptors (Lipinski definition) is 4. The summed E-state index contributed by atoms with van der Waals surface area (Å²) in [6, 6.07) is 8.78. The number of anilines is 1. The zero-order valence-electron chi connectivity index (χ0n) is 13.8. The zero-order valence-corrected chi connectivity index (χ0v) is 16.1. The van der Waals surface area contributed by atoms with Gasteiger partial charge in [0.15, 0.2) is 17.6 Å². The molecule has 1 amide bonds. The minimum absolute atomic E-state index is 0.272. The predicted octanol–water partition coefficient (Wildman–Crippen LogP) is 4.59. The quantitative estimate of drug-likeness (QED) is 0.777. The van der Waals surface area contributed by atoms with Gasteiger partial charge in [-0.05, 0) is 53.5 Å². The molecular weight excluding hydrogens is 410 g/mol. The van der Waals surface area contributed by atoms with Crippen LogP contribution in [0.1, 0.15) is 12.5 Å². The molecule has 0 fully saturated rings. The lowest BCUT2D eigenvalue weighted by Crippen LogP contribution is -2.30. The van der Waals surface area contributed by atoms with E-state index in [2.05, 4.69) is 21.2 Å². The van der Waals surface area contributed by atoms with Crippen LogP contribution in [0.2, 0.25) is 5.02 Å². The fraction of sp³-hybridized carbons (Fsp3) is 0.278. The Morgan fingerprint density at radius 1 is 1.24 bits per heavy atom. The summed E-state index contributed by atoms with van der Waals surface area (Å²) in [5.74, 6) is 1.60. The van der Waals surface area contributed by atoms with Crippen molar-refractivity contribution >= 4 is 39.1 Å². The highest BCUT2D eigenvalue weighted by Gasteiger charge is 2.20. The van der Waals surface area contributed by atoms with E-state index >= 15 is 0 Å². The molecule has 3 rings (SSSR count). The number of halogens is 2. The van der Waals surface area contributed by atoms with Crippen LogP contribution in [0, 0.1) is 6.92 Å². The molecule has 132 valence electrons. The number of nitrogens with one attached hydrogen (secondary N) is 1. The summed E-state index contributed by atoms with van der Waals surface area (Å²) < 4.78 is 17.5. The Morgan fingerprint density at radius 2 is 1.92 bits per heavy atom. The Hall–Kier alpha value is -1.92. The topological polar surface area (TPSA) is 56.8 Å². The SMILES string of the molecule is Cc1cc(Cl)ccc1OC(C)C(=O)Nc1cc2c(cc1Br)OCCO2. The van der Waals surface area contributed by atoms with Crippen LogP contribution >= 0.6 is 27.5 Å². The molecule has 0 aliphatic carbocycles. The van der Waals surface area contributed by atoms with E-state index in [9.17, 15) is 4.79 Å². The second-order valence-electron chi connectivity index (χ2n) is 5.63. The molecule has 2 aromatic carbocycles. The maximum absolute atomic E-state index is 12.5. The van der Waals surface area contributed by atoms with Crippen molar-refractivity contribution in [3.63, 3.8) is 0 Å². The van der Waals surface area contributed by atoms with Crippen molar-refractivity contribution in [1.82, 2.24) is 0 Å². The smallest absolute Gasteiger partial charge is 0.265 e. The minimum Gasteiger partial charge on any atom is -0.486 e. The summed E-state index contributed by atoms with van der Waals surface area (Å²) in [6.45, 7) is 4.56. The molecule has 2 aromatic rings. The molecule has 1 aliphatic rings. The maximum atomic E-state index is 12.5. The Balaban J connectivity index is 1.71. The summed E-state index contributed by atoms with van der Waals surface area (Å²) in [4.78, 5) is 12.5. The first-order valence-electron chi connectivity index (χ1n) is 7.77. The van der Waals surface area contributed by atoms with Crippen LogP contribution in [-0.4, -0.2) is 25.2 Å². The number of benzene rings is 2. The molecule has 1 N–H and O–H groups in total. The molecule has 0 bridgehead atoms. The van der Waals surface area contributed by atoms with Crippen LogP contribution in [0.5, 0.6) is 17.2 Å². The monoisotopic (exact) mass is 425 g/mol. The third kappa shape index (κ3) is 4.19. The molecule has 1 unspecified atom stereocenters. The molecule has 0 saturated heterocycles. The van der Waals surface area contributed by atoms with Gasteiger partial charge in [0.1, 0.15) is 19.0 Å². The molecule has 0 aromatic heterocycles. The average Bonchev–Trinajstić information content (AvgIpc) is 2.58. The summed E-state index contributed by atoms with van der Waals surface area (Å²) in [6.07, 6.45) is -0.681. The average molecular weight is 427 g/mol. The number of carbonyl (C=O) groups excluding carboxylic acids is 1. The van der Waals surface area contributed by atoms with Crippen LogP contribution in [-0.2, 0) is 4.79 Å². The molecule has 1 aliphatic heterocycles. The zero-order chi connectivity index (χ0) is 18.0. The molecule has 0 saturated carbocycles. The minimum atomic E-state index is -0.681. The normalized spacial score (nSPS) is 13.9. The van der Waals surface area contributed by atoms with Crippen LogP contribution in [0.4, 0.5) is 5.69 Å². The first-order chi connectivity index (χ1) is 11.9. The van der Waals surface area contributed by atoms with Gasteiger partial charge in [0.25, 0.3) is 5.91 Å². The molecule has 25 heavy (non-hydrogen) atoms. The second kappa shape index (κ2) is 7.54. The van der Waals surface area contributed by atoms with E-state index in [0.717, 1.165) is 5.56 Å². The summed E-state index contributed by atoms with van der Waals surface area (Å²) in [7, 11) is 0. The van der Waals surface area contributed by atoms with E-state index in [1.54, 1.807) is 37.3 Å². The van der Waals surface area contributed by atoms with Crippen LogP contribution in [0.15, 0.2) is 34.8 Å². The first kappa shape index (κ1) is 17.9. The fourth-order valence-corrected chi connectivity index (χ4v) is 3.03. The standard InChI is InChI=1S/C18H17BrClNO4/c1-10-7-12(20)3-4-15(10)25-11(2)18(22)21-14-9-17-16(8-13(14)19)23-5-6-24-17/h3-4,7-9,11H,5-6H2,1-2H3,(H,21,22). The molecule has 5 nitrogen and oxygen atoms in total. The van der Waals surface area contributed by atoms with Gasteiger partial charge in [-0.15, -0.1) is 0 Å². The van der Waals surface area contributed by atoms with Gasteiger partial charge in [0.2, 0.25) is 0 Å². The third-order valence-corrected chi connectivity index (χ3v) is 4.59. The van der Waals surface area contributed by atoms with Crippen LogP contribution < -0.4 is 19.5 Å². The van der Waals surface area contributed by atoms with Crippen molar-refractivity contribution in [2.45, 2.75) is 20.0 Å². The molecule has 1 atom stereocenters. The molecule has 7 heteroatoms. The van der Waals surface area contributed by atoms with Gasteiger partial charge in [-0.3, -0.25) is 4.79 Å². The van der Waals surface area contributed by atoms with Gasteiger partial charge in [0, 0.05) is 21.6 Å². The number of fused-ring (bicyclic) bond motifs is 1. The number of hydrogen-bond donors (Lipinski definition) is 1. The van der Waals surface area contributed by atoms with Crippen LogP contribution in [0.3, 0.4) is 0 Å². The van der Waals surface area contributed by atoms with Gasteiger partial charge in [-0.2, -0.15) is 0 Å². The van der Waals surface area contributed by atoms with Gasteiger partial charge >= 0.3 is 0 Å². The summed E-state index contributed by atoms with van der Waals surface area (Å²) >= 11 is 9.37. The lowest BCUT2D eigenvalue weighted by Gasteiger charge is -2.21. The van der Waals surface area contributed by atoms with E-state index < -0.39 is 6.10 Å². The lowest BCUT2D eigenvalue weighted by molar-refractivity contribution is -0.122. The number of ether oxygens (including phenoxy) is 3. The van der Waals surface area contributed by atoms with Crippen molar-refractivity contribution < 1.29 is 19.0 Å². The van der Waals surface area contributed by atoms with Crippen molar-refractivity contribution in [1.29, 1.82) is 0 Å². The highest BCUT2D eigenvalue weighted by molar-refractivity contribution is 9.10. The number of aryl methyl sites for hydroxylation is 1. The third-order valence-electron chi connectivity index (χ3n) is 3.70. The van der Waals surface area contributed by atoms with E-state index in [1.807, 2.05) is 6.92 Å². The second-order valence-corrected chi connectivity index (χ2v) is 6.93. The molecule has 1 heterocycles. The van der Waals surface area contributed by atoms with E-state index in [4.69, 9.17) is 25.8 Å². The molecule has 0 spiro atoms. The Kier molecular flexibility index (Phi) is 5.39. The van der Waals surface area contributed by atoms with Gasteiger partial charge < -0.3 is 19.5 Å². The fourth-order valence-electron chi connectivity index (χ4n) is 2.38. The van der Waals surface area contributed by atoms with E-state index in [1.165, 1.54) is 0 Å². The number of carbonyl (C=O) groups is 1. The summed E-state index contributed by atoms with van der Waals surface area (Å²) in [5, 5.41) is 3.47. The number of rotatable bonds is 4. The maximum Gasteiger partial charge on any atom is 0.265 e. The van der Waals surface area contributed by atoms with Gasteiger partial charge in [-0.25, -0.2) is 0 Å². The van der Waals surface area contributed by atoms with Gasteiger partial charge in [0.05, 0.1) is 5.69 Å². The highest BCUT2D eigenvalue weighted by atomic mass is 79.9. The van der Waals surface area contributed by atoms with Crippen molar-refractivity contribution in [3.05, 3.63) is 45.4 Å². The summed E-state index contributed by atoms with van der Waals surface area (Å²) in [5.41, 5.74) is 1.46. The Morgan fingerprint density at radius 3 is 2.60 bits per heavy atom.